The first-order valence-electron chi connectivity index (χ1n) is 6.41. The van der Waals surface area contributed by atoms with Crippen LogP contribution < -0.4 is 10.2 Å². The van der Waals surface area contributed by atoms with Gasteiger partial charge in [-0.3, -0.25) is 9.59 Å². The van der Waals surface area contributed by atoms with E-state index in [0.717, 1.165) is 10.2 Å². The van der Waals surface area contributed by atoms with Crippen molar-refractivity contribution in [1.82, 2.24) is 5.32 Å². The molecule has 1 heterocycles. The fraction of sp³-hybridized carbons (Fsp3) is 0.429. The molecule has 1 aromatic carbocycles. The normalized spacial score (nSPS) is 18.4. The summed E-state index contributed by atoms with van der Waals surface area (Å²) in [5.41, 5.74) is -0.00287. The van der Waals surface area contributed by atoms with Gasteiger partial charge < -0.3 is 10.2 Å². The zero-order valence-electron chi connectivity index (χ0n) is 11.1. The predicted octanol–water partition coefficient (Wildman–Crippen LogP) is 2.47. The summed E-state index contributed by atoms with van der Waals surface area (Å²) < 4.78 is 0.947. The van der Waals surface area contributed by atoms with Crippen LogP contribution in [0.4, 0.5) is 5.69 Å². The first kappa shape index (κ1) is 14.1. The van der Waals surface area contributed by atoms with Gasteiger partial charge >= 0.3 is 0 Å². The summed E-state index contributed by atoms with van der Waals surface area (Å²) in [6.45, 7) is 3.93. The molecule has 2 rings (SSSR count). The molecule has 0 unspecified atom stereocenters. The Morgan fingerprint density at radius 1 is 1.21 bits per heavy atom. The third-order valence-corrected chi connectivity index (χ3v) is 4.21. The van der Waals surface area contributed by atoms with Crippen molar-refractivity contribution >= 4 is 33.4 Å². The van der Waals surface area contributed by atoms with E-state index in [4.69, 9.17) is 0 Å². The maximum Gasteiger partial charge on any atom is 0.253 e. The van der Waals surface area contributed by atoms with Crippen LogP contribution in [0.1, 0.15) is 26.7 Å². The summed E-state index contributed by atoms with van der Waals surface area (Å²) in [6, 6.07) is 7.43. The standard InChI is InChI=1S/C14H17BrN2O2/c1-3-14(4-2)13(19)17(9-12(18)16-14)11-7-5-10(15)6-8-11/h5-8H,3-4,9H2,1-2H3,(H,16,18). The van der Waals surface area contributed by atoms with Gasteiger partial charge in [-0.1, -0.05) is 29.8 Å². The molecule has 0 bridgehead atoms. The summed E-state index contributed by atoms with van der Waals surface area (Å²) in [6.07, 6.45) is 1.20. The molecule has 2 amide bonds. The van der Waals surface area contributed by atoms with Crippen molar-refractivity contribution in [3.63, 3.8) is 0 Å². The summed E-state index contributed by atoms with van der Waals surface area (Å²) in [4.78, 5) is 26.1. The third kappa shape index (κ3) is 2.52. The average molecular weight is 325 g/mol. The van der Waals surface area contributed by atoms with Crippen LogP contribution in [0.25, 0.3) is 0 Å². The zero-order chi connectivity index (χ0) is 14.0. The second-order valence-corrected chi connectivity index (χ2v) is 5.62. The molecule has 0 spiro atoms. The average Bonchev–Trinajstić information content (AvgIpc) is 2.42. The van der Waals surface area contributed by atoms with Gasteiger partial charge in [-0.15, -0.1) is 0 Å². The Morgan fingerprint density at radius 2 is 1.79 bits per heavy atom. The fourth-order valence-electron chi connectivity index (χ4n) is 2.39. The minimum absolute atomic E-state index is 0.0283. The number of anilines is 1. The van der Waals surface area contributed by atoms with Crippen LogP contribution in [0.15, 0.2) is 28.7 Å². The minimum atomic E-state index is -0.762. The maximum absolute atomic E-state index is 12.6. The lowest BCUT2D eigenvalue weighted by molar-refractivity contribution is -0.136. The van der Waals surface area contributed by atoms with Crippen LogP contribution in [0.3, 0.4) is 0 Å². The van der Waals surface area contributed by atoms with Crippen molar-refractivity contribution in [3.05, 3.63) is 28.7 Å². The van der Waals surface area contributed by atoms with Gasteiger partial charge in [0.2, 0.25) is 5.91 Å². The van der Waals surface area contributed by atoms with Crippen molar-refractivity contribution in [1.29, 1.82) is 0 Å². The Balaban J connectivity index is 2.37. The molecule has 1 fully saturated rings. The van der Waals surface area contributed by atoms with Crippen molar-refractivity contribution in [2.75, 3.05) is 11.4 Å². The maximum atomic E-state index is 12.6. The Morgan fingerprint density at radius 3 is 2.32 bits per heavy atom. The fourth-order valence-corrected chi connectivity index (χ4v) is 2.66. The second kappa shape index (κ2) is 5.33. The molecule has 0 atom stereocenters. The van der Waals surface area contributed by atoms with E-state index in [1.165, 1.54) is 0 Å². The SMILES string of the molecule is CCC1(CC)NC(=O)CN(c2ccc(Br)cc2)C1=O. The van der Waals surface area contributed by atoms with Gasteiger partial charge in [0.25, 0.3) is 5.91 Å². The number of hydrogen-bond acceptors (Lipinski definition) is 2. The van der Waals surface area contributed by atoms with Crippen molar-refractivity contribution < 1.29 is 9.59 Å². The molecule has 0 saturated carbocycles. The highest BCUT2D eigenvalue weighted by molar-refractivity contribution is 9.10. The van der Waals surface area contributed by atoms with Gasteiger partial charge in [-0.2, -0.15) is 0 Å². The monoisotopic (exact) mass is 324 g/mol. The molecule has 19 heavy (non-hydrogen) atoms. The second-order valence-electron chi connectivity index (χ2n) is 4.71. The first-order chi connectivity index (χ1) is 9.02. The summed E-state index contributed by atoms with van der Waals surface area (Å²) in [5.74, 6) is -0.134. The van der Waals surface area contributed by atoms with Crippen molar-refractivity contribution in [2.24, 2.45) is 0 Å². The Hall–Kier alpha value is -1.36. The quantitative estimate of drug-likeness (QED) is 0.928. The van der Waals surface area contributed by atoms with Crippen molar-refractivity contribution in [2.45, 2.75) is 32.2 Å². The van der Waals surface area contributed by atoms with E-state index in [-0.39, 0.29) is 18.4 Å². The molecular formula is C14H17BrN2O2. The van der Waals surface area contributed by atoms with Crippen LogP contribution in [0, 0.1) is 0 Å². The highest BCUT2D eigenvalue weighted by atomic mass is 79.9. The van der Waals surface area contributed by atoms with Gasteiger partial charge in [-0.25, -0.2) is 0 Å². The molecule has 1 saturated heterocycles. The molecule has 102 valence electrons. The molecule has 1 aromatic rings. The van der Waals surface area contributed by atoms with Gasteiger partial charge in [-0.05, 0) is 37.1 Å². The number of rotatable bonds is 3. The summed E-state index contributed by atoms with van der Waals surface area (Å²) >= 11 is 3.36. The summed E-state index contributed by atoms with van der Waals surface area (Å²) in [7, 11) is 0. The van der Waals surface area contributed by atoms with Gasteiger partial charge in [0.05, 0.1) is 0 Å². The predicted molar refractivity (Wildman–Crippen MR) is 78.0 cm³/mol. The molecule has 1 N–H and O–H groups in total. The smallest absolute Gasteiger partial charge is 0.253 e. The van der Waals surface area contributed by atoms with Crippen LogP contribution >= 0.6 is 15.9 Å². The molecule has 4 nitrogen and oxygen atoms in total. The van der Waals surface area contributed by atoms with Crippen LogP contribution in [-0.4, -0.2) is 23.9 Å². The number of piperazine rings is 1. The minimum Gasteiger partial charge on any atom is -0.340 e. The number of halogens is 1. The van der Waals surface area contributed by atoms with E-state index < -0.39 is 5.54 Å². The lowest BCUT2D eigenvalue weighted by Crippen LogP contribution is -2.66. The molecular weight excluding hydrogens is 308 g/mol. The Kier molecular flexibility index (Phi) is 3.94. The molecule has 5 heteroatoms. The van der Waals surface area contributed by atoms with E-state index in [9.17, 15) is 9.59 Å². The Labute approximate surface area is 121 Å². The van der Waals surface area contributed by atoms with Crippen molar-refractivity contribution in [3.8, 4) is 0 Å². The number of carbonyl (C=O) groups excluding carboxylic acids is 2. The molecule has 0 radical (unpaired) electrons. The third-order valence-electron chi connectivity index (χ3n) is 3.68. The van der Waals surface area contributed by atoms with E-state index >= 15 is 0 Å². The van der Waals surface area contributed by atoms with Crippen LogP contribution in [0.5, 0.6) is 0 Å². The molecule has 0 aliphatic carbocycles. The van der Waals surface area contributed by atoms with E-state index in [2.05, 4.69) is 21.2 Å². The number of nitrogens with one attached hydrogen (secondary N) is 1. The molecule has 0 aromatic heterocycles. The van der Waals surface area contributed by atoms with Gasteiger partial charge in [0, 0.05) is 10.2 Å². The first-order valence-corrected chi connectivity index (χ1v) is 7.20. The van der Waals surface area contributed by atoms with Gasteiger partial charge in [0.1, 0.15) is 12.1 Å². The lowest BCUT2D eigenvalue weighted by atomic mass is 9.88. The van der Waals surface area contributed by atoms with Gasteiger partial charge in [0.15, 0.2) is 0 Å². The molecule has 1 aliphatic heterocycles. The zero-order valence-corrected chi connectivity index (χ0v) is 12.7. The number of nitrogens with zero attached hydrogens (tertiary/aromatic N) is 1. The van der Waals surface area contributed by atoms with E-state index in [0.29, 0.717) is 12.8 Å². The number of benzene rings is 1. The topological polar surface area (TPSA) is 49.4 Å². The van der Waals surface area contributed by atoms with E-state index in [1.807, 2.05) is 38.1 Å². The van der Waals surface area contributed by atoms with E-state index in [1.54, 1.807) is 4.90 Å². The summed E-state index contributed by atoms with van der Waals surface area (Å²) in [5, 5.41) is 2.85. The van der Waals surface area contributed by atoms with Crippen LogP contribution in [-0.2, 0) is 9.59 Å². The lowest BCUT2D eigenvalue weighted by Gasteiger charge is -2.41. The Bertz CT molecular complexity index is 495. The molecule has 1 aliphatic rings. The highest BCUT2D eigenvalue weighted by Crippen LogP contribution is 2.27. The number of carbonyl (C=O) groups is 2. The van der Waals surface area contributed by atoms with Crippen LogP contribution in [0.2, 0.25) is 0 Å². The highest BCUT2D eigenvalue weighted by Gasteiger charge is 2.44. The number of amides is 2. The largest absolute Gasteiger partial charge is 0.340 e. The number of hydrogen-bond donors (Lipinski definition) is 1.